The maximum Gasteiger partial charge on any atom is 0.187 e. The third-order valence-electron chi connectivity index (χ3n) is 2.38. The number of halogens is 1. The van der Waals surface area contributed by atoms with E-state index in [1.807, 2.05) is 0 Å². The Balaban J connectivity index is 2.39. The molecule has 0 atom stereocenters. The van der Waals surface area contributed by atoms with Crippen molar-refractivity contribution in [1.29, 1.82) is 0 Å². The second-order valence-corrected chi connectivity index (χ2v) is 3.71. The molecule has 0 saturated carbocycles. The van der Waals surface area contributed by atoms with Gasteiger partial charge in [-0.3, -0.25) is 0 Å². The van der Waals surface area contributed by atoms with Gasteiger partial charge < -0.3 is 18.9 Å². The lowest BCUT2D eigenvalue weighted by atomic mass is 10.2. The normalized spacial score (nSPS) is 16.4. The van der Waals surface area contributed by atoms with E-state index in [0.29, 0.717) is 29.7 Å². The predicted molar refractivity (Wildman–Crippen MR) is 59.2 cm³/mol. The van der Waals surface area contributed by atoms with Crippen molar-refractivity contribution in [2.24, 2.45) is 0 Å². The van der Waals surface area contributed by atoms with Crippen LogP contribution in [0.25, 0.3) is 0 Å². The number of methoxy groups -OCH3 is 2. The van der Waals surface area contributed by atoms with Crippen molar-refractivity contribution in [2.75, 3.05) is 27.4 Å². The van der Waals surface area contributed by atoms with Crippen LogP contribution in [0, 0.1) is 0 Å². The third kappa shape index (κ3) is 2.09. The Hall–Kier alpha value is -0.970. The van der Waals surface area contributed by atoms with Gasteiger partial charge in [-0.1, -0.05) is 11.6 Å². The minimum atomic E-state index is -0.404. The Morgan fingerprint density at radius 2 is 1.75 bits per heavy atom. The number of hydrogen-bond donors (Lipinski definition) is 0. The van der Waals surface area contributed by atoms with Gasteiger partial charge in [0.25, 0.3) is 0 Å². The van der Waals surface area contributed by atoms with E-state index in [9.17, 15) is 0 Å². The fourth-order valence-electron chi connectivity index (χ4n) is 1.61. The monoisotopic (exact) mass is 244 g/mol. The summed E-state index contributed by atoms with van der Waals surface area (Å²) in [6.45, 7) is 1.16. The summed E-state index contributed by atoms with van der Waals surface area (Å²) in [6.07, 6.45) is -0.404. The van der Waals surface area contributed by atoms with E-state index in [-0.39, 0.29) is 0 Å². The van der Waals surface area contributed by atoms with E-state index >= 15 is 0 Å². The van der Waals surface area contributed by atoms with Gasteiger partial charge in [0.1, 0.15) is 11.5 Å². The van der Waals surface area contributed by atoms with E-state index in [1.54, 1.807) is 26.4 Å². The molecule has 0 spiro atoms. The van der Waals surface area contributed by atoms with Gasteiger partial charge in [0.2, 0.25) is 0 Å². The molecule has 0 unspecified atom stereocenters. The molecule has 88 valence electrons. The molecule has 1 aliphatic rings. The van der Waals surface area contributed by atoms with Gasteiger partial charge in [-0.2, -0.15) is 0 Å². The van der Waals surface area contributed by atoms with E-state index in [2.05, 4.69) is 0 Å². The molecule has 0 amide bonds. The predicted octanol–water partition coefficient (Wildman–Crippen LogP) is 2.40. The van der Waals surface area contributed by atoms with Crippen LogP contribution >= 0.6 is 11.6 Å². The minimum absolute atomic E-state index is 0.404. The van der Waals surface area contributed by atoms with E-state index in [0.717, 1.165) is 5.56 Å². The first kappa shape index (κ1) is 11.5. The highest BCUT2D eigenvalue weighted by Crippen LogP contribution is 2.38. The molecule has 0 aromatic heterocycles. The molecule has 0 bridgehead atoms. The van der Waals surface area contributed by atoms with Crippen LogP contribution in [0.1, 0.15) is 11.9 Å². The summed E-state index contributed by atoms with van der Waals surface area (Å²) < 4.78 is 21.2. The van der Waals surface area contributed by atoms with Gasteiger partial charge in [0, 0.05) is 6.07 Å². The number of ether oxygens (including phenoxy) is 4. The van der Waals surface area contributed by atoms with Crippen molar-refractivity contribution in [3.63, 3.8) is 0 Å². The molecule has 0 aliphatic carbocycles. The fraction of sp³-hybridized carbons (Fsp3) is 0.455. The zero-order chi connectivity index (χ0) is 11.5. The average Bonchev–Trinajstić information content (AvgIpc) is 2.82. The van der Waals surface area contributed by atoms with Crippen molar-refractivity contribution in [3.8, 4) is 11.5 Å². The van der Waals surface area contributed by atoms with Crippen LogP contribution in [0.15, 0.2) is 12.1 Å². The zero-order valence-corrected chi connectivity index (χ0v) is 9.91. The van der Waals surface area contributed by atoms with Gasteiger partial charge in [0.05, 0.1) is 38.0 Å². The number of benzene rings is 1. The molecule has 1 aliphatic heterocycles. The Morgan fingerprint density at radius 3 is 2.31 bits per heavy atom. The van der Waals surface area contributed by atoms with Crippen molar-refractivity contribution < 1.29 is 18.9 Å². The number of rotatable bonds is 3. The Labute approximate surface area is 99.0 Å². The first-order chi connectivity index (χ1) is 7.76. The zero-order valence-electron chi connectivity index (χ0n) is 9.16. The highest BCUT2D eigenvalue weighted by molar-refractivity contribution is 6.32. The topological polar surface area (TPSA) is 36.9 Å². The molecular weight excluding hydrogens is 232 g/mol. The second kappa shape index (κ2) is 4.91. The lowest BCUT2D eigenvalue weighted by Crippen LogP contribution is -2.02. The molecule has 1 aromatic carbocycles. The highest BCUT2D eigenvalue weighted by atomic mass is 35.5. The Bertz CT molecular complexity index is 374. The van der Waals surface area contributed by atoms with Crippen molar-refractivity contribution >= 4 is 11.6 Å². The van der Waals surface area contributed by atoms with E-state index in [1.165, 1.54) is 0 Å². The summed E-state index contributed by atoms with van der Waals surface area (Å²) in [5.74, 6) is 1.22. The average molecular weight is 245 g/mol. The molecule has 2 rings (SSSR count). The quantitative estimate of drug-likeness (QED) is 0.818. The summed E-state index contributed by atoms with van der Waals surface area (Å²) in [5, 5.41) is 0.511. The van der Waals surface area contributed by atoms with E-state index in [4.69, 9.17) is 30.5 Å². The molecule has 5 heteroatoms. The molecule has 1 fully saturated rings. The van der Waals surface area contributed by atoms with Crippen LogP contribution in [-0.2, 0) is 9.47 Å². The van der Waals surface area contributed by atoms with Crippen LogP contribution in [-0.4, -0.2) is 27.4 Å². The summed E-state index contributed by atoms with van der Waals surface area (Å²) in [6, 6.07) is 3.47. The highest BCUT2D eigenvalue weighted by Gasteiger charge is 2.23. The molecule has 0 radical (unpaired) electrons. The SMILES string of the molecule is COc1cc(OC)c(C2OCCO2)cc1Cl. The van der Waals surface area contributed by atoms with Gasteiger partial charge in [-0.15, -0.1) is 0 Å². The minimum Gasteiger partial charge on any atom is -0.496 e. The van der Waals surface area contributed by atoms with Crippen molar-refractivity contribution in [2.45, 2.75) is 6.29 Å². The Kier molecular flexibility index (Phi) is 3.53. The summed E-state index contributed by atoms with van der Waals surface area (Å²) in [5.41, 5.74) is 0.783. The molecule has 1 saturated heterocycles. The van der Waals surface area contributed by atoms with Crippen LogP contribution in [0.5, 0.6) is 11.5 Å². The van der Waals surface area contributed by atoms with Crippen molar-refractivity contribution in [3.05, 3.63) is 22.7 Å². The maximum absolute atomic E-state index is 6.05. The Morgan fingerprint density at radius 1 is 1.12 bits per heavy atom. The summed E-state index contributed by atoms with van der Waals surface area (Å²) >= 11 is 6.05. The first-order valence-electron chi connectivity index (χ1n) is 4.91. The van der Waals surface area contributed by atoms with Crippen LogP contribution in [0.3, 0.4) is 0 Å². The standard InChI is InChI=1S/C11H13ClO4/c1-13-9-6-10(14-2)8(12)5-7(9)11-15-3-4-16-11/h5-6,11H,3-4H2,1-2H3. The molecule has 1 heterocycles. The van der Waals surface area contributed by atoms with Gasteiger partial charge in [-0.05, 0) is 6.07 Å². The lowest BCUT2D eigenvalue weighted by molar-refractivity contribution is -0.0454. The van der Waals surface area contributed by atoms with Gasteiger partial charge in [0.15, 0.2) is 6.29 Å². The molecule has 1 aromatic rings. The summed E-state index contributed by atoms with van der Waals surface area (Å²) in [7, 11) is 3.14. The molecule has 16 heavy (non-hydrogen) atoms. The maximum atomic E-state index is 6.05. The van der Waals surface area contributed by atoms with E-state index < -0.39 is 6.29 Å². The molecular formula is C11H13ClO4. The lowest BCUT2D eigenvalue weighted by Gasteiger charge is -2.15. The fourth-order valence-corrected chi connectivity index (χ4v) is 1.85. The largest absolute Gasteiger partial charge is 0.496 e. The van der Waals surface area contributed by atoms with Crippen LogP contribution in [0.2, 0.25) is 5.02 Å². The van der Waals surface area contributed by atoms with Gasteiger partial charge >= 0.3 is 0 Å². The van der Waals surface area contributed by atoms with Crippen LogP contribution < -0.4 is 9.47 Å². The molecule has 0 N–H and O–H groups in total. The smallest absolute Gasteiger partial charge is 0.187 e. The van der Waals surface area contributed by atoms with Crippen LogP contribution in [0.4, 0.5) is 0 Å². The van der Waals surface area contributed by atoms with Crippen molar-refractivity contribution in [1.82, 2.24) is 0 Å². The summed E-state index contributed by atoms with van der Waals surface area (Å²) in [4.78, 5) is 0. The van der Waals surface area contributed by atoms with Gasteiger partial charge in [-0.25, -0.2) is 0 Å². The first-order valence-corrected chi connectivity index (χ1v) is 5.28. The number of hydrogen-bond acceptors (Lipinski definition) is 4. The third-order valence-corrected chi connectivity index (χ3v) is 2.68. The second-order valence-electron chi connectivity index (χ2n) is 3.30. The molecule has 4 nitrogen and oxygen atoms in total.